The lowest BCUT2D eigenvalue weighted by atomic mass is 10.0. The maximum atomic E-state index is 12.2. The number of carbonyl (C=O) groups excluding carboxylic acids is 1. The summed E-state index contributed by atoms with van der Waals surface area (Å²) >= 11 is 0. The fraction of sp³-hybridized carbons (Fsp3) is 0.500. The zero-order valence-electron chi connectivity index (χ0n) is 16.3. The lowest BCUT2D eigenvalue weighted by Gasteiger charge is -2.19. The van der Waals surface area contributed by atoms with Crippen LogP contribution in [0, 0.1) is 0 Å². The Bertz CT molecular complexity index is 784. The third-order valence-corrected chi connectivity index (χ3v) is 4.79. The number of H-pyrrole nitrogens is 1. The first-order valence-corrected chi connectivity index (χ1v) is 9.62. The van der Waals surface area contributed by atoms with E-state index in [4.69, 9.17) is 9.47 Å². The van der Waals surface area contributed by atoms with Crippen molar-refractivity contribution in [3.63, 3.8) is 0 Å². The molecular formula is C20H28N4O3. The summed E-state index contributed by atoms with van der Waals surface area (Å²) in [6.45, 7) is 9.49. The van der Waals surface area contributed by atoms with Gasteiger partial charge >= 0.3 is 0 Å². The lowest BCUT2D eigenvalue weighted by Crippen LogP contribution is -2.34. The van der Waals surface area contributed by atoms with Crippen LogP contribution >= 0.6 is 0 Å². The predicted molar refractivity (Wildman–Crippen MR) is 104 cm³/mol. The Morgan fingerprint density at radius 3 is 2.74 bits per heavy atom. The molecule has 2 aromatic rings. The monoisotopic (exact) mass is 372 g/mol. The van der Waals surface area contributed by atoms with E-state index >= 15 is 0 Å². The number of nitrogens with zero attached hydrogens (tertiary/aromatic N) is 2. The van der Waals surface area contributed by atoms with Gasteiger partial charge in [-0.25, -0.2) is 0 Å². The summed E-state index contributed by atoms with van der Waals surface area (Å²) in [5, 5.41) is 11.0. The summed E-state index contributed by atoms with van der Waals surface area (Å²) in [5.74, 6) is 1.17. The Morgan fingerprint density at radius 2 is 2.00 bits per heavy atom. The molecule has 2 N–H and O–H groups in total. The van der Waals surface area contributed by atoms with Gasteiger partial charge in [0.1, 0.15) is 0 Å². The second kappa shape index (κ2) is 8.90. The van der Waals surface area contributed by atoms with E-state index in [0.29, 0.717) is 31.2 Å². The summed E-state index contributed by atoms with van der Waals surface area (Å²) in [6.07, 6.45) is 0.954. The van der Waals surface area contributed by atoms with E-state index in [2.05, 4.69) is 15.5 Å². The van der Waals surface area contributed by atoms with E-state index in [-0.39, 0.29) is 12.5 Å². The van der Waals surface area contributed by atoms with Crippen LogP contribution in [0.5, 0.6) is 11.5 Å². The average Bonchev–Trinajstić information content (AvgIpc) is 3.12. The molecule has 0 unspecified atom stereocenters. The van der Waals surface area contributed by atoms with Gasteiger partial charge < -0.3 is 19.7 Å². The van der Waals surface area contributed by atoms with Crippen LogP contribution in [-0.4, -0.2) is 53.9 Å². The van der Waals surface area contributed by atoms with E-state index in [1.54, 1.807) is 4.90 Å². The zero-order chi connectivity index (χ0) is 19.2. The molecule has 0 spiro atoms. The van der Waals surface area contributed by atoms with Crippen molar-refractivity contribution in [2.75, 3.05) is 32.8 Å². The summed E-state index contributed by atoms with van der Waals surface area (Å²) in [4.78, 5) is 13.9. The van der Waals surface area contributed by atoms with Crippen molar-refractivity contribution in [3.8, 4) is 22.8 Å². The normalized spacial score (nSPS) is 13.1. The Morgan fingerprint density at radius 1 is 1.19 bits per heavy atom. The number of aromatic amines is 1. The third-order valence-electron chi connectivity index (χ3n) is 4.79. The minimum atomic E-state index is -0.0287. The molecule has 0 saturated carbocycles. The molecule has 1 amide bonds. The summed E-state index contributed by atoms with van der Waals surface area (Å²) < 4.78 is 11.5. The molecule has 146 valence electrons. The summed E-state index contributed by atoms with van der Waals surface area (Å²) in [6, 6.07) is 5.75. The molecule has 0 atom stereocenters. The smallest absolute Gasteiger partial charge is 0.260 e. The maximum absolute atomic E-state index is 12.2. The minimum Gasteiger partial charge on any atom is -0.490 e. The van der Waals surface area contributed by atoms with Crippen molar-refractivity contribution in [3.05, 3.63) is 29.5 Å². The molecule has 1 aromatic carbocycles. The molecule has 0 fully saturated rings. The second-order valence-corrected chi connectivity index (χ2v) is 6.41. The molecule has 7 nitrogen and oxygen atoms in total. The number of nitrogens with one attached hydrogen (secondary N) is 2. The van der Waals surface area contributed by atoms with Gasteiger partial charge in [-0.05, 0) is 39.0 Å². The van der Waals surface area contributed by atoms with Gasteiger partial charge in [0.25, 0.3) is 5.91 Å². The van der Waals surface area contributed by atoms with Crippen molar-refractivity contribution >= 4 is 5.91 Å². The van der Waals surface area contributed by atoms with Gasteiger partial charge in [-0.1, -0.05) is 0 Å². The van der Waals surface area contributed by atoms with E-state index in [1.807, 2.05) is 39.0 Å². The number of rotatable bonds is 8. The molecular weight excluding hydrogens is 344 g/mol. The maximum Gasteiger partial charge on any atom is 0.260 e. The van der Waals surface area contributed by atoms with Crippen molar-refractivity contribution in [1.82, 2.24) is 20.4 Å². The van der Waals surface area contributed by atoms with Crippen molar-refractivity contribution < 1.29 is 14.3 Å². The molecule has 1 aliphatic heterocycles. The largest absolute Gasteiger partial charge is 0.490 e. The van der Waals surface area contributed by atoms with E-state index in [0.717, 1.165) is 30.8 Å². The molecule has 1 aliphatic rings. The molecule has 27 heavy (non-hydrogen) atoms. The molecule has 7 heteroatoms. The topological polar surface area (TPSA) is 79.5 Å². The number of aromatic nitrogens is 2. The van der Waals surface area contributed by atoms with Crippen LogP contribution in [0.25, 0.3) is 11.3 Å². The molecule has 0 aliphatic carbocycles. The first-order chi connectivity index (χ1) is 13.2. The minimum absolute atomic E-state index is 0.00280. The fourth-order valence-corrected chi connectivity index (χ4v) is 3.31. The highest BCUT2D eigenvalue weighted by molar-refractivity contribution is 5.78. The number of carbonyl (C=O) groups is 1. The molecule has 0 radical (unpaired) electrons. The number of fused-ring (bicyclic) bond motifs is 1. The van der Waals surface area contributed by atoms with Crippen LogP contribution in [0.4, 0.5) is 0 Å². The third kappa shape index (κ3) is 4.24. The SMILES string of the molecule is CCOc1cc(-c2n[nH]c3c2CNCC3)ccc1OCC(=O)N(CC)CC. The number of benzene rings is 1. The Labute approximate surface area is 160 Å². The van der Waals surface area contributed by atoms with Gasteiger partial charge in [-0.3, -0.25) is 9.89 Å². The van der Waals surface area contributed by atoms with Crippen LogP contribution in [0.3, 0.4) is 0 Å². The first-order valence-electron chi connectivity index (χ1n) is 9.62. The number of ether oxygens (including phenoxy) is 2. The Kier molecular flexibility index (Phi) is 6.34. The van der Waals surface area contributed by atoms with Gasteiger partial charge in [0.05, 0.1) is 12.3 Å². The Balaban J connectivity index is 1.81. The number of hydrogen-bond donors (Lipinski definition) is 2. The van der Waals surface area contributed by atoms with Crippen LogP contribution in [0.1, 0.15) is 32.0 Å². The van der Waals surface area contributed by atoms with Crippen LogP contribution in [0.2, 0.25) is 0 Å². The number of hydrogen-bond acceptors (Lipinski definition) is 5. The van der Waals surface area contributed by atoms with Gasteiger partial charge in [0, 0.05) is 49.4 Å². The van der Waals surface area contributed by atoms with Crippen molar-refractivity contribution in [1.29, 1.82) is 0 Å². The summed E-state index contributed by atoms with van der Waals surface area (Å²) in [5.41, 5.74) is 4.30. The molecule has 0 saturated heterocycles. The standard InChI is InChI=1S/C20H28N4O3/c1-4-24(5-2)19(25)13-27-17-8-7-14(11-18(17)26-6-3)20-15-12-21-10-9-16(15)22-23-20/h7-8,11,21H,4-6,9-10,12-13H2,1-3H3,(H,22,23). The first kappa shape index (κ1) is 19.2. The molecule has 2 heterocycles. The Hall–Kier alpha value is -2.54. The molecule has 0 bridgehead atoms. The van der Waals surface area contributed by atoms with Gasteiger partial charge in [0.15, 0.2) is 18.1 Å². The highest BCUT2D eigenvalue weighted by Crippen LogP contribution is 2.34. The van der Waals surface area contributed by atoms with Gasteiger partial charge in [0.2, 0.25) is 0 Å². The van der Waals surface area contributed by atoms with Crippen LogP contribution in [-0.2, 0) is 17.8 Å². The van der Waals surface area contributed by atoms with Crippen molar-refractivity contribution in [2.24, 2.45) is 0 Å². The van der Waals surface area contributed by atoms with E-state index < -0.39 is 0 Å². The van der Waals surface area contributed by atoms with Crippen molar-refractivity contribution in [2.45, 2.75) is 33.7 Å². The highest BCUT2D eigenvalue weighted by Gasteiger charge is 2.19. The number of amides is 1. The fourth-order valence-electron chi connectivity index (χ4n) is 3.31. The molecule has 1 aromatic heterocycles. The van der Waals surface area contributed by atoms with Gasteiger partial charge in [-0.15, -0.1) is 0 Å². The van der Waals surface area contributed by atoms with Crippen LogP contribution < -0.4 is 14.8 Å². The molecule has 3 rings (SSSR count). The lowest BCUT2D eigenvalue weighted by molar-refractivity contribution is -0.132. The van der Waals surface area contributed by atoms with E-state index in [9.17, 15) is 4.79 Å². The van der Waals surface area contributed by atoms with Crippen LogP contribution in [0.15, 0.2) is 18.2 Å². The zero-order valence-corrected chi connectivity index (χ0v) is 16.3. The second-order valence-electron chi connectivity index (χ2n) is 6.41. The van der Waals surface area contributed by atoms with E-state index in [1.165, 1.54) is 11.3 Å². The number of likely N-dealkylation sites (N-methyl/N-ethyl adjacent to an activating group) is 1. The summed E-state index contributed by atoms with van der Waals surface area (Å²) in [7, 11) is 0. The predicted octanol–water partition coefficient (Wildman–Crippen LogP) is 2.37. The van der Waals surface area contributed by atoms with Gasteiger partial charge in [-0.2, -0.15) is 5.10 Å². The average molecular weight is 372 g/mol. The quantitative estimate of drug-likeness (QED) is 0.744. The highest BCUT2D eigenvalue weighted by atomic mass is 16.5.